The highest BCUT2D eigenvalue weighted by molar-refractivity contribution is 5.87. The number of carboxylic acid groups (broad SMARTS) is 1. The molecule has 0 aliphatic rings. The number of carbonyl (C=O) groups is 1. The summed E-state index contributed by atoms with van der Waals surface area (Å²) in [6, 6.07) is 3.80. The lowest BCUT2D eigenvalue weighted by Gasteiger charge is -2.21. The van der Waals surface area contributed by atoms with E-state index in [1.54, 1.807) is 0 Å². The maximum atomic E-state index is 11.2. The number of aromatic carboxylic acids is 1. The summed E-state index contributed by atoms with van der Waals surface area (Å²) in [5, 5.41) is 9.17. The molecule has 0 saturated heterocycles. The average Bonchev–Trinajstić information content (AvgIpc) is 2.29. The van der Waals surface area contributed by atoms with Gasteiger partial charge in [0, 0.05) is 5.69 Å². The van der Waals surface area contributed by atoms with Crippen molar-refractivity contribution in [2.24, 2.45) is 0 Å². The first kappa shape index (κ1) is 16.6. The van der Waals surface area contributed by atoms with Gasteiger partial charge in [0.1, 0.15) is 0 Å². The average molecular weight is 251 g/mol. The molecule has 1 rings (SSSR count). The molecule has 0 aliphatic carbocycles. The second-order valence-corrected chi connectivity index (χ2v) is 5.34. The molecule has 18 heavy (non-hydrogen) atoms. The molecular formula is C15H25NO2. The molecule has 1 aromatic heterocycles. The standard InChI is InChI=1S/C13H19NO2.C2H6/c1-8(2)10-7-6-9(13(3,4)5)11(14-10)12(15)16;1-2/h6-8H,1-5H3,(H,15,16);1-2H3. The Hall–Kier alpha value is -1.38. The molecule has 0 spiro atoms. The van der Waals surface area contributed by atoms with Gasteiger partial charge < -0.3 is 5.11 Å². The van der Waals surface area contributed by atoms with Crippen LogP contribution in [-0.4, -0.2) is 16.1 Å². The molecule has 0 atom stereocenters. The monoisotopic (exact) mass is 251 g/mol. The van der Waals surface area contributed by atoms with E-state index in [1.807, 2.05) is 60.6 Å². The predicted octanol–water partition coefficient (Wildman–Crippen LogP) is 4.23. The van der Waals surface area contributed by atoms with Gasteiger partial charge in [-0.15, -0.1) is 0 Å². The zero-order valence-electron chi connectivity index (χ0n) is 12.5. The minimum atomic E-state index is -0.951. The number of rotatable bonds is 2. The summed E-state index contributed by atoms with van der Waals surface area (Å²) in [5.74, 6) is -0.709. The van der Waals surface area contributed by atoms with Crippen LogP contribution < -0.4 is 0 Å². The van der Waals surface area contributed by atoms with Gasteiger partial charge in [0.05, 0.1) is 0 Å². The molecule has 1 heterocycles. The van der Waals surface area contributed by atoms with E-state index in [-0.39, 0.29) is 17.0 Å². The van der Waals surface area contributed by atoms with E-state index in [2.05, 4.69) is 4.98 Å². The first-order valence-electron chi connectivity index (χ1n) is 6.48. The van der Waals surface area contributed by atoms with Gasteiger partial charge in [-0.2, -0.15) is 0 Å². The summed E-state index contributed by atoms with van der Waals surface area (Å²) in [5.41, 5.74) is 1.59. The first-order valence-corrected chi connectivity index (χ1v) is 6.48. The molecule has 3 heteroatoms. The van der Waals surface area contributed by atoms with Crippen molar-refractivity contribution in [3.63, 3.8) is 0 Å². The number of carboxylic acids is 1. The quantitative estimate of drug-likeness (QED) is 0.855. The molecule has 3 nitrogen and oxygen atoms in total. The summed E-state index contributed by atoms with van der Waals surface area (Å²) in [4.78, 5) is 15.4. The Balaban J connectivity index is 0.00000137. The lowest BCUT2D eigenvalue weighted by atomic mass is 9.85. The second-order valence-electron chi connectivity index (χ2n) is 5.34. The van der Waals surface area contributed by atoms with Gasteiger partial charge >= 0.3 is 5.97 Å². The van der Waals surface area contributed by atoms with E-state index in [9.17, 15) is 9.90 Å². The lowest BCUT2D eigenvalue weighted by Crippen LogP contribution is -2.19. The summed E-state index contributed by atoms with van der Waals surface area (Å²) in [6.07, 6.45) is 0. The molecule has 102 valence electrons. The molecular weight excluding hydrogens is 226 g/mol. The number of aromatic nitrogens is 1. The van der Waals surface area contributed by atoms with Crippen molar-refractivity contribution < 1.29 is 9.90 Å². The SMILES string of the molecule is CC.CC(C)c1ccc(C(C)(C)C)c(C(=O)O)n1. The van der Waals surface area contributed by atoms with Crippen molar-refractivity contribution in [2.75, 3.05) is 0 Å². The number of hydrogen-bond acceptors (Lipinski definition) is 2. The largest absolute Gasteiger partial charge is 0.477 e. The van der Waals surface area contributed by atoms with Gasteiger partial charge in [-0.1, -0.05) is 54.5 Å². The Morgan fingerprint density at radius 1 is 1.22 bits per heavy atom. The highest BCUT2D eigenvalue weighted by Gasteiger charge is 2.23. The van der Waals surface area contributed by atoms with Gasteiger partial charge in [-0.05, 0) is 23.0 Å². The van der Waals surface area contributed by atoms with Gasteiger partial charge in [0.2, 0.25) is 0 Å². The summed E-state index contributed by atoms with van der Waals surface area (Å²) < 4.78 is 0. The molecule has 1 N–H and O–H groups in total. The van der Waals surface area contributed by atoms with Crippen molar-refractivity contribution >= 4 is 5.97 Å². The highest BCUT2D eigenvalue weighted by Crippen LogP contribution is 2.26. The molecule has 0 unspecified atom stereocenters. The Bertz CT molecular complexity index is 403. The van der Waals surface area contributed by atoms with Crippen molar-refractivity contribution in [1.82, 2.24) is 4.98 Å². The lowest BCUT2D eigenvalue weighted by molar-refractivity contribution is 0.0687. The molecule has 0 fully saturated rings. The van der Waals surface area contributed by atoms with E-state index >= 15 is 0 Å². The van der Waals surface area contributed by atoms with E-state index in [1.165, 1.54) is 0 Å². The molecule has 0 saturated carbocycles. The molecule has 0 aromatic carbocycles. The third kappa shape index (κ3) is 4.13. The minimum absolute atomic E-state index is 0.179. The highest BCUT2D eigenvalue weighted by atomic mass is 16.4. The number of pyridine rings is 1. The summed E-state index contributed by atoms with van der Waals surface area (Å²) in [6.45, 7) is 14.0. The number of hydrogen-bond donors (Lipinski definition) is 1. The Labute approximate surface area is 110 Å². The predicted molar refractivity (Wildman–Crippen MR) is 75.3 cm³/mol. The van der Waals surface area contributed by atoms with Crippen LogP contribution in [0.15, 0.2) is 12.1 Å². The van der Waals surface area contributed by atoms with Crippen LogP contribution in [0.2, 0.25) is 0 Å². The van der Waals surface area contributed by atoms with Crippen LogP contribution >= 0.6 is 0 Å². The van der Waals surface area contributed by atoms with Crippen molar-refractivity contribution in [1.29, 1.82) is 0 Å². The molecule has 1 aromatic rings. The summed E-state index contributed by atoms with van der Waals surface area (Å²) >= 11 is 0. The molecule has 0 aliphatic heterocycles. The Morgan fingerprint density at radius 3 is 2.06 bits per heavy atom. The summed E-state index contributed by atoms with van der Waals surface area (Å²) in [7, 11) is 0. The first-order chi connectivity index (χ1) is 8.23. The van der Waals surface area contributed by atoms with Crippen LogP contribution in [-0.2, 0) is 5.41 Å². The zero-order chi connectivity index (χ0) is 14.5. The minimum Gasteiger partial charge on any atom is -0.477 e. The molecule has 0 radical (unpaired) electrons. The third-order valence-electron chi connectivity index (χ3n) is 2.52. The van der Waals surface area contributed by atoms with E-state index < -0.39 is 5.97 Å². The Morgan fingerprint density at radius 2 is 1.72 bits per heavy atom. The van der Waals surface area contributed by atoms with Crippen molar-refractivity contribution in [2.45, 2.75) is 59.8 Å². The Kier molecular flexibility index (Phi) is 6.02. The zero-order valence-corrected chi connectivity index (χ0v) is 12.5. The van der Waals surface area contributed by atoms with Crippen LogP contribution in [0.25, 0.3) is 0 Å². The number of nitrogens with zero attached hydrogens (tertiary/aromatic N) is 1. The third-order valence-corrected chi connectivity index (χ3v) is 2.52. The van der Waals surface area contributed by atoms with Gasteiger partial charge in [-0.25, -0.2) is 9.78 Å². The maximum Gasteiger partial charge on any atom is 0.354 e. The molecule has 0 amide bonds. The maximum absolute atomic E-state index is 11.2. The fraction of sp³-hybridized carbons (Fsp3) is 0.600. The smallest absolute Gasteiger partial charge is 0.354 e. The van der Waals surface area contributed by atoms with E-state index in [4.69, 9.17) is 0 Å². The van der Waals surface area contributed by atoms with Crippen molar-refractivity contribution in [3.8, 4) is 0 Å². The fourth-order valence-electron chi connectivity index (χ4n) is 1.56. The normalized spacial score (nSPS) is 10.9. The van der Waals surface area contributed by atoms with Gasteiger partial charge in [0.25, 0.3) is 0 Å². The van der Waals surface area contributed by atoms with Gasteiger partial charge in [-0.3, -0.25) is 0 Å². The van der Waals surface area contributed by atoms with Crippen molar-refractivity contribution in [3.05, 3.63) is 29.1 Å². The van der Waals surface area contributed by atoms with E-state index in [0.717, 1.165) is 11.3 Å². The second kappa shape index (κ2) is 6.53. The molecule has 0 bridgehead atoms. The van der Waals surface area contributed by atoms with Crippen LogP contribution in [0.3, 0.4) is 0 Å². The van der Waals surface area contributed by atoms with Crippen LogP contribution in [0.4, 0.5) is 0 Å². The van der Waals surface area contributed by atoms with Crippen LogP contribution in [0.1, 0.15) is 76.1 Å². The van der Waals surface area contributed by atoms with Gasteiger partial charge in [0.15, 0.2) is 5.69 Å². The van der Waals surface area contributed by atoms with Crippen LogP contribution in [0.5, 0.6) is 0 Å². The topological polar surface area (TPSA) is 50.2 Å². The fourth-order valence-corrected chi connectivity index (χ4v) is 1.56. The van der Waals surface area contributed by atoms with Crippen LogP contribution in [0, 0.1) is 0 Å². The van der Waals surface area contributed by atoms with E-state index in [0.29, 0.717) is 0 Å².